The zero-order valence-corrected chi connectivity index (χ0v) is 21.1. The van der Waals surface area contributed by atoms with Gasteiger partial charge in [0, 0.05) is 4.47 Å². The third-order valence-corrected chi connectivity index (χ3v) is 6.39. The van der Waals surface area contributed by atoms with Crippen LogP contribution < -0.4 is 14.8 Å². The Morgan fingerprint density at radius 1 is 1.18 bits per heavy atom. The second-order valence-electron chi connectivity index (χ2n) is 6.69. The molecule has 0 atom stereocenters. The van der Waals surface area contributed by atoms with Crippen LogP contribution in [0.2, 0.25) is 5.02 Å². The summed E-state index contributed by atoms with van der Waals surface area (Å²) in [5, 5.41) is 2.34. The molecule has 2 aromatic carbocycles. The molecule has 1 aliphatic heterocycles. The number of para-hydroxylation sites is 1. The first-order valence-electron chi connectivity index (χ1n) is 9.60. The fraction of sp³-hybridized carbons (Fsp3) is 0.182. The largest absolute Gasteiger partial charge is 0.493 e. The summed E-state index contributed by atoms with van der Waals surface area (Å²) >= 11 is 10.1. The molecular formula is C22H18BrClN2O7S. The monoisotopic (exact) mass is 568 g/mol. The predicted molar refractivity (Wildman–Crippen MR) is 131 cm³/mol. The number of ether oxygens (including phenoxy) is 3. The number of esters is 1. The van der Waals surface area contributed by atoms with Gasteiger partial charge >= 0.3 is 5.97 Å². The molecule has 0 aliphatic carbocycles. The topological polar surface area (TPSA) is 111 Å². The highest BCUT2D eigenvalue weighted by Crippen LogP contribution is 2.38. The van der Waals surface area contributed by atoms with E-state index in [1.165, 1.54) is 20.3 Å². The van der Waals surface area contributed by atoms with Gasteiger partial charge in [-0.2, -0.15) is 0 Å². The quantitative estimate of drug-likeness (QED) is 0.369. The van der Waals surface area contributed by atoms with E-state index in [1.807, 2.05) is 0 Å². The normalized spacial score (nSPS) is 14.4. The Morgan fingerprint density at radius 2 is 1.91 bits per heavy atom. The molecule has 0 unspecified atom stereocenters. The number of benzene rings is 2. The number of anilines is 1. The van der Waals surface area contributed by atoms with E-state index in [2.05, 4.69) is 26.0 Å². The standard InChI is InChI=1S/C22H18BrClN2O7S/c1-31-16-7-12(13(23)9-17(16)33-11-20(28)32-2)8-18-21(29)26(22(30)34-18)10-19(27)25-15-6-4-3-5-14(15)24/h3-9H,10-11H2,1-2H3,(H,25,27)/b18-8+. The minimum atomic E-state index is -0.610. The Labute approximate surface area is 212 Å². The van der Waals surface area contributed by atoms with E-state index in [9.17, 15) is 19.2 Å². The van der Waals surface area contributed by atoms with Crippen LogP contribution in [0.25, 0.3) is 6.08 Å². The second kappa shape index (κ2) is 11.4. The number of imide groups is 1. The molecule has 34 heavy (non-hydrogen) atoms. The Balaban J connectivity index is 1.75. The zero-order chi connectivity index (χ0) is 24.8. The van der Waals surface area contributed by atoms with Crippen molar-refractivity contribution in [3.05, 3.63) is 56.4 Å². The summed E-state index contributed by atoms with van der Waals surface area (Å²) in [6, 6.07) is 9.77. The predicted octanol–water partition coefficient (Wildman–Crippen LogP) is 4.34. The maximum Gasteiger partial charge on any atom is 0.343 e. The van der Waals surface area contributed by atoms with Crippen molar-refractivity contribution in [3.8, 4) is 11.5 Å². The van der Waals surface area contributed by atoms with Crippen LogP contribution in [0.1, 0.15) is 5.56 Å². The van der Waals surface area contributed by atoms with E-state index < -0.39 is 29.6 Å². The third kappa shape index (κ3) is 6.10. The van der Waals surface area contributed by atoms with Crippen molar-refractivity contribution in [2.45, 2.75) is 0 Å². The van der Waals surface area contributed by atoms with Crippen molar-refractivity contribution >= 4 is 74.1 Å². The number of thioether (sulfide) groups is 1. The molecular weight excluding hydrogens is 552 g/mol. The van der Waals surface area contributed by atoms with Gasteiger partial charge in [-0.05, 0) is 47.7 Å². The average Bonchev–Trinajstić information content (AvgIpc) is 3.07. The highest BCUT2D eigenvalue weighted by atomic mass is 79.9. The van der Waals surface area contributed by atoms with Crippen molar-refractivity contribution in [1.82, 2.24) is 4.90 Å². The lowest BCUT2D eigenvalue weighted by atomic mass is 10.2. The summed E-state index contributed by atoms with van der Waals surface area (Å²) in [7, 11) is 2.67. The summed E-state index contributed by atoms with van der Waals surface area (Å²) < 4.78 is 15.8. The van der Waals surface area contributed by atoms with E-state index in [0.29, 0.717) is 38.3 Å². The SMILES string of the molecule is COC(=O)COc1cc(Br)c(/C=C2/SC(=O)N(CC(=O)Nc3ccccc3Cl)C2=O)cc1OC. The molecule has 178 valence electrons. The number of carbonyl (C=O) groups excluding carboxylic acids is 4. The van der Waals surface area contributed by atoms with Crippen LogP contribution in [0.3, 0.4) is 0 Å². The highest BCUT2D eigenvalue weighted by molar-refractivity contribution is 9.10. The van der Waals surface area contributed by atoms with Crippen LogP contribution in [0, 0.1) is 0 Å². The Morgan fingerprint density at radius 3 is 2.59 bits per heavy atom. The summed E-state index contributed by atoms with van der Waals surface area (Å²) in [5.41, 5.74) is 0.899. The van der Waals surface area contributed by atoms with E-state index in [4.69, 9.17) is 21.1 Å². The van der Waals surface area contributed by atoms with Crippen LogP contribution in [-0.4, -0.2) is 55.3 Å². The van der Waals surface area contributed by atoms with Gasteiger partial charge in [0.15, 0.2) is 18.1 Å². The highest BCUT2D eigenvalue weighted by Gasteiger charge is 2.36. The maximum atomic E-state index is 12.8. The number of nitrogens with one attached hydrogen (secondary N) is 1. The maximum absolute atomic E-state index is 12.8. The summed E-state index contributed by atoms with van der Waals surface area (Å²) in [4.78, 5) is 49.9. The average molecular weight is 570 g/mol. The lowest BCUT2D eigenvalue weighted by molar-refractivity contribution is -0.143. The van der Waals surface area contributed by atoms with E-state index >= 15 is 0 Å². The molecule has 0 saturated carbocycles. The fourth-order valence-corrected chi connectivity index (χ4v) is 4.25. The van der Waals surface area contributed by atoms with Crippen molar-refractivity contribution < 1.29 is 33.4 Å². The molecule has 0 aromatic heterocycles. The number of methoxy groups -OCH3 is 2. The van der Waals surface area contributed by atoms with Crippen molar-refractivity contribution in [2.24, 2.45) is 0 Å². The van der Waals surface area contributed by atoms with Crippen LogP contribution in [0.4, 0.5) is 10.5 Å². The summed E-state index contributed by atoms with van der Waals surface area (Å²) in [6.45, 7) is -0.772. The minimum absolute atomic E-state index is 0.126. The minimum Gasteiger partial charge on any atom is -0.493 e. The molecule has 1 saturated heterocycles. The van der Waals surface area contributed by atoms with Crippen molar-refractivity contribution in [2.75, 3.05) is 32.7 Å². The second-order valence-corrected chi connectivity index (χ2v) is 8.94. The molecule has 0 bridgehead atoms. The lowest BCUT2D eigenvalue weighted by Gasteiger charge is -2.13. The molecule has 1 heterocycles. The van der Waals surface area contributed by atoms with E-state index in [0.717, 1.165) is 4.90 Å². The lowest BCUT2D eigenvalue weighted by Crippen LogP contribution is -2.36. The Kier molecular flexibility index (Phi) is 8.59. The van der Waals surface area contributed by atoms with Crippen molar-refractivity contribution in [1.29, 1.82) is 0 Å². The van der Waals surface area contributed by atoms with Gasteiger partial charge in [0.1, 0.15) is 6.54 Å². The van der Waals surface area contributed by atoms with Gasteiger partial charge in [0.2, 0.25) is 5.91 Å². The first-order chi connectivity index (χ1) is 16.2. The molecule has 1 fully saturated rings. The van der Waals surface area contributed by atoms with Crippen LogP contribution >= 0.6 is 39.3 Å². The van der Waals surface area contributed by atoms with E-state index in [1.54, 1.807) is 36.4 Å². The number of nitrogens with zero attached hydrogens (tertiary/aromatic N) is 1. The third-order valence-electron chi connectivity index (χ3n) is 4.47. The summed E-state index contributed by atoms with van der Waals surface area (Å²) in [6.07, 6.45) is 1.49. The number of carbonyl (C=O) groups is 4. The first kappa shape index (κ1) is 25.6. The molecule has 9 nitrogen and oxygen atoms in total. The van der Waals surface area contributed by atoms with Gasteiger partial charge in [0.05, 0.1) is 29.8 Å². The fourth-order valence-electron chi connectivity index (χ4n) is 2.80. The molecule has 0 radical (unpaired) electrons. The smallest absolute Gasteiger partial charge is 0.343 e. The Bertz CT molecular complexity index is 1190. The molecule has 3 amide bonds. The van der Waals surface area contributed by atoms with E-state index in [-0.39, 0.29) is 17.3 Å². The number of halogens is 2. The van der Waals surface area contributed by atoms with Gasteiger partial charge in [-0.1, -0.05) is 39.7 Å². The molecule has 0 spiro atoms. The number of amides is 3. The Hall–Kier alpha value is -3.02. The van der Waals surface area contributed by atoms with Crippen LogP contribution in [0.15, 0.2) is 45.8 Å². The van der Waals surface area contributed by atoms with Crippen LogP contribution in [-0.2, 0) is 19.1 Å². The molecule has 1 N–H and O–H groups in total. The van der Waals surface area contributed by atoms with Crippen molar-refractivity contribution in [3.63, 3.8) is 0 Å². The van der Waals surface area contributed by atoms with Gasteiger partial charge in [-0.3, -0.25) is 19.3 Å². The van der Waals surface area contributed by atoms with Gasteiger partial charge in [-0.15, -0.1) is 0 Å². The molecule has 1 aliphatic rings. The molecule has 12 heteroatoms. The molecule has 3 rings (SSSR count). The number of hydrogen-bond donors (Lipinski definition) is 1. The van der Waals surface area contributed by atoms with Gasteiger partial charge < -0.3 is 19.5 Å². The van der Waals surface area contributed by atoms with Gasteiger partial charge in [0.25, 0.3) is 11.1 Å². The summed E-state index contributed by atoms with van der Waals surface area (Å²) in [5.74, 6) is -1.15. The number of rotatable bonds is 8. The first-order valence-corrected chi connectivity index (χ1v) is 11.6. The molecule has 2 aromatic rings. The number of hydrogen-bond acceptors (Lipinski definition) is 8. The van der Waals surface area contributed by atoms with Crippen LogP contribution in [0.5, 0.6) is 11.5 Å². The zero-order valence-electron chi connectivity index (χ0n) is 17.9. The van der Waals surface area contributed by atoms with Gasteiger partial charge in [-0.25, -0.2) is 4.79 Å².